The van der Waals surface area contributed by atoms with Gasteiger partial charge in [0, 0.05) is 20.9 Å². The van der Waals surface area contributed by atoms with Crippen LogP contribution in [0.4, 0.5) is 5.69 Å². The van der Waals surface area contributed by atoms with Gasteiger partial charge in [-0.3, -0.25) is 0 Å². The summed E-state index contributed by atoms with van der Waals surface area (Å²) in [6.45, 7) is 9.44. The highest BCUT2D eigenvalue weighted by Crippen LogP contribution is 2.50. The summed E-state index contributed by atoms with van der Waals surface area (Å²) in [5.74, 6) is -0.330. The molecule has 0 atom stereocenters. The molecule has 0 amide bonds. The smallest absolute Gasteiger partial charge is 0.337 e. The Morgan fingerprint density at radius 1 is 0.879 bits per heavy atom. The molecule has 0 spiro atoms. The summed E-state index contributed by atoms with van der Waals surface area (Å²) >= 11 is 1.80. The van der Waals surface area contributed by atoms with Crippen LogP contribution in [0, 0.1) is 0 Å². The molecule has 1 aliphatic carbocycles. The first-order valence-electron chi connectivity index (χ1n) is 11.4. The van der Waals surface area contributed by atoms with Gasteiger partial charge >= 0.3 is 5.97 Å². The topological polar surface area (TPSA) is 38.7 Å². The minimum atomic E-state index is -0.330. The summed E-state index contributed by atoms with van der Waals surface area (Å²) in [6.07, 6.45) is 2.35. The van der Waals surface area contributed by atoms with Gasteiger partial charge in [0.15, 0.2) is 0 Å². The number of hydrogen-bond acceptors (Lipinski definition) is 4. The Kier molecular flexibility index (Phi) is 5.24. The zero-order chi connectivity index (χ0) is 23.4. The van der Waals surface area contributed by atoms with Crippen molar-refractivity contribution in [1.82, 2.24) is 0 Å². The van der Waals surface area contributed by atoms with Crippen LogP contribution >= 0.6 is 11.8 Å². The number of rotatable bonds is 2. The molecule has 4 heteroatoms. The van der Waals surface area contributed by atoms with Crippen molar-refractivity contribution in [3.63, 3.8) is 0 Å². The van der Waals surface area contributed by atoms with Crippen LogP contribution in [-0.4, -0.2) is 18.8 Å². The number of aliphatic imine (C=N–C) groups is 1. The lowest BCUT2D eigenvalue weighted by Gasteiger charge is -2.42. The number of methoxy groups -OCH3 is 1. The number of esters is 1. The average Bonchev–Trinajstić information content (AvgIpc) is 2.97. The third-order valence-electron chi connectivity index (χ3n) is 7.10. The molecule has 5 rings (SSSR count). The molecule has 1 heterocycles. The van der Waals surface area contributed by atoms with Crippen molar-refractivity contribution in [2.24, 2.45) is 4.99 Å². The third-order valence-corrected chi connectivity index (χ3v) is 8.23. The molecule has 33 heavy (non-hydrogen) atoms. The second kappa shape index (κ2) is 7.88. The first-order valence-corrected chi connectivity index (χ1v) is 12.2. The van der Waals surface area contributed by atoms with Crippen LogP contribution in [0.25, 0.3) is 0 Å². The predicted molar refractivity (Wildman–Crippen MR) is 135 cm³/mol. The lowest BCUT2D eigenvalue weighted by atomic mass is 9.63. The quantitative estimate of drug-likeness (QED) is 0.295. The lowest BCUT2D eigenvalue weighted by Crippen LogP contribution is -2.34. The molecule has 0 saturated heterocycles. The van der Waals surface area contributed by atoms with Crippen LogP contribution in [0.5, 0.6) is 0 Å². The Balaban J connectivity index is 1.75. The minimum absolute atomic E-state index is 0.115. The van der Waals surface area contributed by atoms with Crippen LogP contribution in [0.2, 0.25) is 0 Å². The molecule has 0 aromatic heterocycles. The summed E-state index contributed by atoms with van der Waals surface area (Å²) < 4.78 is 4.88. The molecule has 0 saturated carbocycles. The highest BCUT2D eigenvalue weighted by atomic mass is 32.2. The van der Waals surface area contributed by atoms with Crippen molar-refractivity contribution in [3.05, 3.63) is 88.5 Å². The molecular formula is C29H29NO2S. The van der Waals surface area contributed by atoms with Gasteiger partial charge in [-0.1, -0.05) is 63.7 Å². The first kappa shape index (κ1) is 22.0. The number of carbonyl (C=O) groups excluding carboxylic acids is 1. The molecule has 0 unspecified atom stereocenters. The van der Waals surface area contributed by atoms with Gasteiger partial charge in [-0.05, 0) is 71.2 Å². The molecule has 168 valence electrons. The fraction of sp³-hybridized carbons (Fsp3) is 0.310. The molecule has 3 aromatic carbocycles. The van der Waals surface area contributed by atoms with E-state index >= 15 is 0 Å². The second-order valence-electron chi connectivity index (χ2n) is 10.3. The van der Waals surface area contributed by atoms with E-state index in [1.165, 1.54) is 36.0 Å². The van der Waals surface area contributed by atoms with E-state index in [2.05, 4.69) is 58.0 Å². The zero-order valence-corrected chi connectivity index (χ0v) is 20.7. The van der Waals surface area contributed by atoms with Gasteiger partial charge in [0.2, 0.25) is 0 Å². The number of nitrogens with zero attached hydrogens (tertiary/aromatic N) is 1. The molecule has 2 aliphatic rings. The van der Waals surface area contributed by atoms with Crippen molar-refractivity contribution in [2.75, 3.05) is 7.11 Å². The van der Waals surface area contributed by atoms with E-state index in [1.54, 1.807) is 11.8 Å². The third kappa shape index (κ3) is 3.80. The largest absolute Gasteiger partial charge is 0.465 e. The van der Waals surface area contributed by atoms with Gasteiger partial charge in [-0.25, -0.2) is 9.79 Å². The van der Waals surface area contributed by atoms with Crippen LogP contribution in [-0.2, 0) is 15.6 Å². The maximum Gasteiger partial charge on any atom is 0.337 e. The van der Waals surface area contributed by atoms with E-state index in [1.807, 2.05) is 30.3 Å². The van der Waals surface area contributed by atoms with Crippen LogP contribution < -0.4 is 0 Å². The maximum absolute atomic E-state index is 12.0. The zero-order valence-electron chi connectivity index (χ0n) is 19.9. The van der Waals surface area contributed by atoms with Crippen LogP contribution in [0.1, 0.15) is 73.1 Å². The lowest BCUT2D eigenvalue weighted by molar-refractivity contribution is 0.0600. The van der Waals surface area contributed by atoms with Crippen molar-refractivity contribution < 1.29 is 9.53 Å². The van der Waals surface area contributed by atoms with E-state index < -0.39 is 0 Å². The summed E-state index contributed by atoms with van der Waals surface area (Å²) in [5, 5.41) is 0. The standard InChI is InChI=1S/C29H29NO2S/c1-28(2)14-15-29(3,4)22-17-25-20(16-21(22)28)26(30-23-8-6-7-9-24(23)33-25)18-10-12-19(13-11-18)27(31)32-5/h6-13,16-17H,14-15H2,1-5H3. The predicted octanol–water partition coefficient (Wildman–Crippen LogP) is 7.46. The van der Waals surface area contributed by atoms with Gasteiger partial charge in [0.1, 0.15) is 0 Å². The van der Waals surface area contributed by atoms with Crippen molar-refractivity contribution in [1.29, 1.82) is 0 Å². The average molecular weight is 456 g/mol. The van der Waals surface area contributed by atoms with E-state index in [0.717, 1.165) is 27.4 Å². The highest BCUT2D eigenvalue weighted by molar-refractivity contribution is 7.99. The Morgan fingerprint density at radius 3 is 2.18 bits per heavy atom. The van der Waals surface area contributed by atoms with E-state index in [9.17, 15) is 4.79 Å². The Morgan fingerprint density at radius 2 is 1.52 bits per heavy atom. The van der Waals surface area contributed by atoms with E-state index in [0.29, 0.717) is 5.56 Å². The molecule has 0 radical (unpaired) electrons. The maximum atomic E-state index is 12.0. The Labute approximate surface area is 200 Å². The summed E-state index contributed by atoms with van der Waals surface area (Å²) in [6, 6.07) is 20.7. The van der Waals surface area contributed by atoms with Gasteiger partial charge in [-0.2, -0.15) is 0 Å². The highest BCUT2D eigenvalue weighted by Gasteiger charge is 2.38. The summed E-state index contributed by atoms with van der Waals surface area (Å²) in [4.78, 5) is 19.5. The Bertz CT molecular complexity index is 1290. The van der Waals surface area contributed by atoms with Crippen molar-refractivity contribution in [3.8, 4) is 0 Å². The fourth-order valence-corrected chi connectivity index (χ4v) is 5.94. The minimum Gasteiger partial charge on any atom is -0.465 e. The molecule has 3 nitrogen and oxygen atoms in total. The van der Waals surface area contributed by atoms with Crippen LogP contribution in [0.15, 0.2) is 75.4 Å². The van der Waals surface area contributed by atoms with Crippen molar-refractivity contribution in [2.45, 2.75) is 61.2 Å². The second-order valence-corrected chi connectivity index (χ2v) is 11.3. The first-order chi connectivity index (χ1) is 15.7. The molecule has 1 aliphatic heterocycles. The number of hydrogen-bond donors (Lipinski definition) is 0. The normalized spacial score (nSPS) is 17.7. The number of fused-ring (bicyclic) bond motifs is 3. The van der Waals surface area contributed by atoms with E-state index in [4.69, 9.17) is 9.73 Å². The van der Waals surface area contributed by atoms with Gasteiger partial charge in [0.25, 0.3) is 0 Å². The number of para-hydroxylation sites is 1. The van der Waals surface area contributed by atoms with Gasteiger partial charge in [0.05, 0.1) is 24.1 Å². The fourth-order valence-electron chi connectivity index (χ4n) is 4.90. The van der Waals surface area contributed by atoms with Crippen LogP contribution in [0.3, 0.4) is 0 Å². The summed E-state index contributed by atoms with van der Waals surface area (Å²) in [7, 11) is 1.41. The summed E-state index contributed by atoms with van der Waals surface area (Å²) in [5.41, 5.74) is 7.74. The molecule has 0 bridgehead atoms. The monoisotopic (exact) mass is 455 g/mol. The van der Waals surface area contributed by atoms with Gasteiger partial charge in [-0.15, -0.1) is 0 Å². The number of benzene rings is 3. The van der Waals surface area contributed by atoms with Crippen molar-refractivity contribution >= 4 is 29.1 Å². The number of ether oxygens (including phenoxy) is 1. The van der Waals surface area contributed by atoms with Gasteiger partial charge < -0.3 is 4.74 Å². The Hall–Kier alpha value is -2.85. The molecule has 3 aromatic rings. The molecular weight excluding hydrogens is 426 g/mol. The SMILES string of the molecule is COC(=O)c1ccc(C2=Nc3ccccc3Sc3cc4c(cc32)C(C)(C)CCC4(C)C)cc1. The number of carbonyl (C=O) groups is 1. The molecule has 0 N–H and O–H groups in total. The molecule has 0 fully saturated rings. The van der Waals surface area contributed by atoms with E-state index in [-0.39, 0.29) is 16.8 Å².